The number of aryl methyl sites for hydroxylation is 1. The molecule has 46 heavy (non-hydrogen) atoms. The van der Waals surface area contributed by atoms with E-state index in [1.807, 2.05) is 4.90 Å². The molecule has 11 heteroatoms. The highest BCUT2D eigenvalue weighted by Crippen LogP contribution is 2.42. The van der Waals surface area contributed by atoms with Gasteiger partial charge < -0.3 is 24.3 Å². The van der Waals surface area contributed by atoms with Crippen LogP contribution < -0.4 is 15.3 Å². The number of ether oxygens (including phenoxy) is 1. The van der Waals surface area contributed by atoms with Crippen molar-refractivity contribution in [2.75, 3.05) is 44.3 Å². The fourth-order valence-corrected chi connectivity index (χ4v) is 7.73. The third-order valence-corrected chi connectivity index (χ3v) is 9.96. The van der Waals surface area contributed by atoms with Crippen molar-refractivity contribution in [3.05, 3.63) is 51.6 Å². The Hall–Kier alpha value is -4.27. The number of phenolic OH excluding ortho intramolecular Hbond substituents is 1. The molecule has 0 spiro atoms. The van der Waals surface area contributed by atoms with Crippen LogP contribution in [-0.2, 0) is 0 Å². The first kappa shape index (κ1) is 30.4. The first-order valence-corrected chi connectivity index (χ1v) is 15.9. The molecule has 4 aromatic rings. The smallest absolute Gasteiger partial charge is 0.349 e. The monoisotopic (exact) mass is 630 g/mol. The molecular formula is C35H36F2N4O5. The summed E-state index contributed by atoms with van der Waals surface area (Å²) in [4.78, 5) is 27.6. The van der Waals surface area contributed by atoms with E-state index in [1.165, 1.54) is 24.3 Å². The highest BCUT2D eigenvalue weighted by Gasteiger charge is 2.49. The lowest BCUT2D eigenvalue weighted by Gasteiger charge is -2.31. The number of alkyl halides is 1. The molecule has 0 aliphatic carbocycles. The first-order valence-electron chi connectivity index (χ1n) is 15.9. The molecule has 0 radical (unpaired) electrons. The van der Waals surface area contributed by atoms with E-state index in [1.54, 1.807) is 6.92 Å². The minimum Gasteiger partial charge on any atom is -0.508 e. The number of hydrogen-bond donors (Lipinski definition) is 2. The van der Waals surface area contributed by atoms with Gasteiger partial charge >= 0.3 is 11.6 Å². The Morgan fingerprint density at radius 1 is 1.17 bits per heavy atom. The molecule has 7 rings (SSSR count). The van der Waals surface area contributed by atoms with Crippen LogP contribution in [-0.4, -0.2) is 76.2 Å². The molecule has 2 aromatic carbocycles. The second-order valence-corrected chi connectivity index (χ2v) is 12.9. The summed E-state index contributed by atoms with van der Waals surface area (Å²) in [6.07, 6.45) is 9.55. The number of terminal acetylenes is 1. The van der Waals surface area contributed by atoms with Gasteiger partial charge in [-0.05, 0) is 68.7 Å². The van der Waals surface area contributed by atoms with E-state index >= 15 is 0 Å². The highest BCUT2D eigenvalue weighted by molar-refractivity contribution is 6.03. The van der Waals surface area contributed by atoms with Gasteiger partial charge in [-0.15, -0.1) is 6.42 Å². The van der Waals surface area contributed by atoms with Gasteiger partial charge in [-0.25, -0.2) is 13.6 Å². The molecule has 3 aliphatic rings. The lowest BCUT2D eigenvalue weighted by Crippen LogP contribution is -2.43. The molecule has 0 amide bonds. The van der Waals surface area contributed by atoms with Gasteiger partial charge in [-0.1, -0.05) is 18.4 Å². The van der Waals surface area contributed by atoms with Gasteiger partial charge in [0, 0.05) is 49.2 Å². The normalized spacial score (nSPS) is 23.5. The van der Waals surface area contributed by atoms with Crippen LogP contribution in [0.2, 0.25) is 0 Å². The number of fused-ring (bicyclic) bond motifs is 3. The number of aromatic nitrogens is 2. The van der Waals surface area contributed by atoms with E-state index in [-0.39, 0.29) is 58.7 Å². The van der Waals surface area contributed by atoms with Crippen LogP contribution in [0.5, 0.6) is 11.8 Å². The zero-order valence-electron chi connectivity index (χ0n) is 25.7. The zero-order chi connectivity index (χ0) is 32.2. The molecule has 3 saturated heterocycles. The number of benzene rings is 2. The zero-order valence-corrected chi connectivity index (χ0v) is 25.7. The SMILES string of the molecule is C#Cc1c(F)ccc2cc(O)cc(-c3oc(=O)c4c(N5CCCCC(CO)C5)nc(OC[C@@]56CCCN5C[C@H](F)C6)nc4c3C)c12. The topological polar surface area (TPSA) is 112 Å². The van der Waals surface area contributed by atoms with E-state index in [9.17, 15) is 23.8 Å². The van der Waals surface area contributed by atoms with Gasteiger partial charge in [0.1, 0.15) is 35.5 Å². The van der Waals surface area contributed by atoms with Gasteiger partial charge in [-0.2, -0.15) is 9.97 Å². The Balaban J connectivity index is 1.42. The molecular weight excluding hydrogens is 594 g/mol. The van der Waals surface area contributed by atoms with Crippen molar-refractivity contribution in [2.24, 2.45) is 5.92 Å². The molecule has 1 unspecified atom stereocenters. The van der Waals surface area contributed by atoms with Crippen LogP contribution in [0.25, 0.3) is 33.0 Å². The number of phenols is 1. The van der Waals surface area contributed by atoms with Crippen LogP contribution in [0.3, 0.4) is 0 Å². The Kier molecular flexibility index (Phi) is 7.81. The molecule has 240 valence electrons. The number of aliphatic hydroxyl groups is 1. The van der Waals surface area contributed by atoms with E-state index in [2.05, 4.69) is 10.8 Å². The molecule has 3 aliphatic heterocycles. The first-order chi connectivity index (χ1) is 22.2. The Bertz CT molecular complexity index is 1940. The summed E-state index contributed by atoms with van der Waals surface area (Å²) in [5.41, 5.74) is -0.201. The molecule has 5 heterocycles. The maximum absolute atomic E-state index is 14.9. The third-order valence-electron chi connectivity index (χ3n) is 9.96. The number of hydrogen-bond acceptors (Lipinski definition) is 9. The number of halogens is 2. The molecule has 2 aromatic heterocycles. The molecule has 2 N–H and O–H groups in total. The second-order valence-electron chi connectivity index (χ2n) is 12.9. The average molecular weight is 631 g/mol. The Labute approximate surface area is 264 Å². The van der Waals surface area contributed by atoms with Crippen molar-refractivity contribution < 1.29 is 28.1 Å². The fourth-order valence-electron chi connectivity index (χ4n) is 7.73. The van der Waals surface area contributed by atoms with Gasteiger partial charge in [-0.3, -0.25) is 4.90 Å². The van der Waals surface area contributed by atoms with Crippen LogP contribution >= 0.6 is 0 Å². The van der Waals surface area contributed by atoms with E-state index < -0.39 is 23.2 Å². The quantitative estimate of drug-likeness (QED) is 0.282. The van der Waals surface area contributed by atoms with Crippen LogP contribution in [0.4, 0.5) is 14.6 Å². The summed E-state index contributed by atoms with van der Waals surface area (Å²) in [5, 5.41) is 21.6. The largest absolute Gasteiger partial charge is 0.508 e. The summed E-state index contributed by atoms with van der Waals surface area (Å²) in [6, 6.07) is 5.64. The highest BCUT2D eigenvalue weighted by atomic mass is 19.1. The third kappa shape index (κ3) is 5.13. The summed E-state index contributed by atoms with van der Waals surface area (Å²) in [6.45, 7) is 4.20. The second kappa shape index (κ2) is 11.8. The van der Waals surface area contributed by atoms with Crippen molar-refractivity contribution >= 4 is 27.5 Å². The lowest BCUT2D eigenvalue weighted by molar-refractivity contribution is 0.107. The summed E-state index contributed by atoms with van der Waals surface area (Å²) < 4.78 is 41.7. The van der Waals surface area contributed by atoms with Crippen LogP contribution in [0.1, 0.15) is 49.7 Å². The molecule has 3 fully saturated rings. The average Bonchev–Trinajstić information content (AvgIpc) is 3.45. The number of rotatable bonds is 6. The van der Waals surface area contributed by atoms with Gasteiger partial charge in [0.15, 0.2) is 5.82 Å². The summed E-state index contributed by atoms with van der Waals surface area (Å²) in [7, 11) is 0. The number of aliphatic hydroxyl groups excluding tert-OH is 1. The van der Waals surface area contributed by atoms with Gasteiger partial charge in [0.25, 0.3) is 0 Å². The minimum absolute atomic E-state index is 0.00204. The van der Waals surface area contributed by atoms with Crippen molar-refractivity contribution in [2.45, 2.75) is 57.2 Å². The Morgan fingerprint density at radius 3 is 2.83 bits per heavy atom. The predicted octanol–water partition coefficient (Wildman–Crippen LogP) is 5.09. The lowest BCUT2D eigenvalue weighted by atomic mass is 9.95. The molecule has 0 bridgehead atoms. The molecule has 3 atom stereocenters. The van der Waals surface area contributed by atoms with Gasteiger partial charge in [0.2, 0.25) is 0 Å². The van der Waals surface area contributed by atoms with E-state index in [0.29, 0.717) is 48.2 Å². The van der Waals surface area contributed by atoms with Crippen molar-refractivity contribution in [1.29, 1.82) is 0 Å². The van der Waals surface area contributed by atoms with E-state index in [0.717, 1.165) is 38.6 Å². The maximum atomic E-state index is 14.9. The van der Waals surface area contributed by atoms with E-state index in [4.69, 9.17) is 25.5 Å². The minimum atomic E-state index is -0.922. The van der Waals surface area contributed by atoms with Crippen molar-refractivity contribution in [3.63, 3.8) is 0 Å². The number of nitrogens with zero attached hydrogens (tertiary/aromatic N) is 4. The van der Waals surface area contributed by atoms with Crippen LogP contribution in [0, 0.1) is 31.0 Å². The Morgan fingerprint density at radius 2 is 2.02 bits per heavy atom. The molecule has 0 saturated carbocycles. The van der Waals surface area contributed by atoms with Crippen LogP contribution in [0.15, 0.2) is 33.5 Å². The maximum Gasteiger partial charge on any atom is 0.349 e. The summed E-state index contributed by atoms with van der Waals surface area (Å²) >= 11 is 0. The standard InChI is InChI=1S/C35H36F2N4O5/c1-3-25-27(37)9-8-22-13-24(43)14-26(28(22)25)31-20(2)30-29(33(44)46-31)32(40-11-5-4-7-21(16-40)18-42)39-34(38-30)45-19-35-10-6-12-41(35)17-23(36)15-35/h1,8-9,13-14,21,23,42-43H,4-7,10-12,15-19H2,2H3/t21?,23-,35+/m1/s1. The van der Waals surface area contributed by atoms with Crippen molar-refractivity contribution in [1.82, 2.24) is 14.9 Å². The van der Waals surface area contributed by atoms with Crippen molar-refractivity contribution in [3.8, 4) is 35.4 Å². The van der Waals surface area contributed by atoms with Gasteiger partial charge in [0.05, 0.1) is 16.6 Å². The number of anilines is 1. The molecule has 9 nitrogen and oxygen atoms in total. The summed E-state index contributed by atoms with van der Waals surface area (Å²) in [5.74, 6) is 2.08. The number of aromatic hydroxyl groups is 1. The predicted molar refractivity (Wildman–Crippen MR) is 170 cm³/mol. The fraction of sp³-hybridized carbons (Fsp3) is 0.457.